The van der Waals surface area contributed by atoms with E-state index in [1.807, 2.05) is 19.1 Å². The van der Waals surface area contributed by atoms with Crippen LogP contribution >= 0.6 is 27.7 Å². The molecule has 0 saturated carbocycles. The first kappa shape index (κ1) is 11.0. The average molecular weight is 262 g/mol. The van der Waals surface area contributed by atoms with Gasteiger partial charge in [-0.3, -0.25) is 4.98 Å². The number of aliphatic hydroxyl groups is 1. The van der Waals surface area contributed by atoms with Gasteiger partial charge in [-0.15, -0.1) is 0 Å². The van der Waals surface area contributed by atoms with Crippen LogP contribution in [0.15, 0.2) is 22.8 Å². The highest BCUT2D eigenvalue weighted by atomic mass is 79.9. The second-order valence-electron chi connectivity index (χ2n) is 2.77. The van der Waals surface area contributed by atoms with Crippen LogP contribution in [0.4, 0.5) is 0 Å². The number of hydrogen-bond donors (Lipinski definition) is 1. The number of thioether (sulfide) groups is 1. The van der Waals surface area contributed by atoms with Crippen molar-refractivity contribution in [2.45, 2.75) is 17.9 Å². The number of aromatic nitrogens is 1. The van der Waals surface area contributed by atoms with Crippen LogP contribution in [-0.2, 0) is 5.75 Å². The Balaban J connectivity index is 2.41. The van der Waals surface area contributed by atoms with E-state index >= 15 is 0 Å². The Morgan fingerprint density at radius 2 is 2.38 bits per heavy atom. The Kier molecular flexibility index (Phi) is 4.77. The van der Waals surface area contributed by atoms with Crippen molar-refractivity contribution in [3.05, 3.63) is 28.5 Å². The lowest BCUT2D eigenvalue weighted by Crippen LogP contribution is -2.02. The van der Waals surface area contributed by atoms with E-state index in [0.29, 0.717) is 0 Å². The Bertz CT molecular complexity index is 252. The Morgan fingerprint density at radius 3 is 2.92 bits per heavy atom. The predicted octanol–water partition coefficient (Wildman–Crippen LogP) is 2.46. The van der Waals surface area contributed by atoms with Crippen molar-refractivity contribution in [2.75, 3.05) is 6.61 Å². The molecule has 1 N–H and O–H groups in total. The van der Waals surface area contributed by atoms with Gasteiger partial charge in [-0.1, -0.05) is 6.92 Å². The van der Waals surface area contributed by atoms with Crippen molar-refractivity contribution < 1.29 is 5.11 Å². The molecule has 0 bridgehead atoms. The summed E-state index contributed by atoms with van der Waals surface area (Å²) < 4.78 is 0.997. The number of halogens is 1. The number of pyridine rings is 1. The SMILES string of the molecule is CC(CO)SCc1ccc(Br)cn1. The molecule has 0 aromatic carbocycles. The molecule has 2 nitrogen and oxygen atoms in total. The van der Waals surface area contributed by atoms with Gasteiger partial charge in [0.25, 0.3) is 0 Å². The fourth-order valence-electron chi connectivity index (χ4n) is 0.772. The number of hydrogen-bond acceptors (Lipinski definition) is 3. The quantitative estimate of drug-likeness (QED) is 0.904. The Hall–Kier alpha value is -0.0600. The van der Waals surface area contributed by atoms with Gasteiger partial charge in [0.05, 0.1) is 12.3 Å². The van der Waals surface area contributed by atoms with E-state index in [0.717, 1.165) is 15.9 Å². The molecule has 0 aliphatic carbocycles. The van der Waals surface area contributed by atoms with Gasteiger partial charge in [-0.25, -0.2) is 0 Å². The summed E-state index contributed by atoms with van der Waals surface area (Å²) in [6, 6.07) is 3.97. The topological polar surface area (TPSA) is 33.1 Å². The van der Waals surface area contributed by atoms with Gasteiger partial charge in [0.15, 0.2) is 0 Å². The van der Waals surface area contributed by atoms with Crippen molar-refractivity contribution in [3.8, 4) is 0 Å². The van der Waals surface area contributed by atoms with Crippen molar-refractivity contribution in [2.24, 2.45) is 0 Å². The predicted molar refractivity (Wildman–Crippen MR) is 59.8 cm³/mol. The van der Waals surface area contributed by atoms with Crippen molar-refractivity contribution in [3.63, 3.8) is 0 Å². The zero-order chi connectivity index (χ0) is 9.68. The van der Waals surface area contributed by atoms with Gasteiger partial charge in [0.1, 0.15) is 0 Å². The fraction of sp³-hybridized carbons (Fsp3) is 0.444. The first-order valence-electron chi connectivity index (χ1n) is 4.05. The van der Waals surface area contributed by atoms with Crippen LogP contribution in [0.1, 0.15) is 12.6 Å². The molecule has 1 rings (SSSR count). The summed E-state index contributed by atoms with van der Waals surface area (Å²) in [4.78, 5) is 4.24. The van der Waals surface area contributed by atoms with E-state index < -0.39 is 0 Å². The first-order chi connectivity index (χ1) is 6.22. The molecule has 72 valence electrons. The Morgan fingerprint density at radius 1 is 1.62 bits per heavy atom. The molecule has 4 heteroatoms. The third-order valence-electron chi connectivity index (χ3n) is 1.56. The fourth-order valence-corrected chi connectivity index (χ4v) is 1.74. The van der Waals surface area contributed by atoms with Crippen LogP contribution in [0.2, 0.25) is 0 Å². The third kappa shape index (κ3) is 4.11. The van der Waals surface area contributed by atoms with Gasteiger partial charge in [-0.2, -0.15) is 11.8 Å². The van der Waals surface area contributed by atoms with Gasteiger partial charge in [0, 0.05) is 21.7 Å². The molecule has 0 amide bonds. The van der Waals surface area contributed by atoms with E-state index in [-0.39, 0.29) is 11.9 Å². The highest BCUT2D eigenvalue weighted by molar-refractivity contribution is 9.10. The number of nitrogens with zero attached hydrogens (tertiary/aromatic N) is 1. The smallest absolute Gasteiger partial charge is 0.0547 e. The molecule has 1 aromatic rings. The van der Waals surface area contributed by atoms with Crippen LogP contribution in [0.3, 0.4) is 0 Å². The van der Waals surface area contributed by atoms with E-state index in [1.165, 1.54) is 0 Å². The van der Waals surface area contributed by atoms with Gasteiger partial charge in [-0.05, 0) is 28.1 Å². The maximum absolute atomic E-state index is 8.81. The molecular weight excluding hydrogens is 250 g/mol. The van der Waals surface area contributed by atoms with Crippen molar-refractivity contribution in [1.29, 1.82) is 0 Å². The standard InChI is InChI=1S/C9H12BrNOS/c1-7(5-12)13-6-9-3-2-8(10)4-11-9/h2-4,7,12H,5-6H2,1H3. The summed E-state index contributed by atoms with van der Waals surface area (Å²) in [6.07, 6.45) is 1.79. The second-order valence-corrected chi connectivity index (χ2v) is 5.11. The van der Waals surface area contributed by atoms with Crippen LogP contribution < -0.4 is 0 Å². The molecule has 0 aliphatic heterocycles. The maximum atomic E-state index is 8.81. The lowest BCUT2D eigenvalue weighted by Gasteiger charge is -2.06. The van der Waals surface area contributed by atoms with Crippen molar-refractivity contribution in [1.82, 2.24) is 4.98 Å². The summed E-state index contributed by atoms with van der Waals surface area (Å²) >= 11 is 5.04. The van der Waals surface area contributed by atoms with Crippen LogP contribution in [0.5, 0.6) is 0 Å². The normalized spacial score (nSPS) is 12.8. The minimum absolute atomic E-state index is 0.223. The van der Waals surface area contributed by atoms with E-state index in [1.54, 1.807) is 18.0 Å². The summed E-state index contributed by atoms with van der Waals surface area (Å²) in [6.45, 7) is 2.23. The molecule has 0 aliphatic rings. The lowest BCUT2D eigenvalue weighted by atomic mass is 10.4. The van der Waals surface area contributed by atoms with Gasteiger partial charge >= 0.3 is 0 Å². The molecule has 0 saturated heterocycles. The molecular formula is C9H12BrNOS. The van der Waals surface area contributed by atoms with Crippen molar-refractivity contribution >= 4 is 27.7 Å². The van der Waals surface area contributed by atoms with E-state index in [2.05, 4.69) is 20.9 Å². The molecule has 1 unspecified atom stereocenters. The van der Waals surface area contributed by atoms with E-state index in [4.69, 9.17) is 5.11 Å². The zero-order valence-electron chi connectivity index (χ0n) is 7.40. The molecule has 0 spiro atoms. The summed E-state index contributed by atoms with van der Waals surface area (Å²) in [5.41, 5.74) is 1.05. The minimum atomic E-state index is 0.223. The van der Waals surface area contributed by atoms with Crippen LogP contribution in [0.25, 0.3) is 0 Å². The summed E-state index contributed by atoms with van der Waals surface area (Å²) in [5.74, 6) is 0.856. The Labute approximate surface area is 90.9 Å². The first-order valence-corrected chi connectivity index (χ1v) is 5.89. The number of aliphatic hydroxyl groups excluding tert-OH is 1. The molecule has 1 aromatic heterocycles. The van der Waals surface area contributed by atoms with Gasteiger partial charge in [0.2, 0.25) is 0 Å². The summed E-state index contributed by atoms with van der Waals surface area (Å²) in [7, 11) is 0. The highest BCUT2D eigenvalue weighted by Crippen LogP contribution is 2.16. The lowest BCUT2D eigenvalue weighted by molar-refractivity contribution is 0.300. The molecule has 0 fully saturated rings. The molecule has 1 atom stereocenters. The zero-order valence-corrected chi connectivity index (χ0v) is 9.81. The van der Waals surface area contributed by atoms with E-state index in [9.17, 15) is 0 Å². The maximum Gasteiger partial charge on any atom is 0.0547 e. The van der Waals surface area contributed by atoms with Crippen LogP contribution in [-0.4, -0.2) is 21.9 Å². The minimum Gasteiger partial charge on any atom is -0.395 e. The molecule has 1 heterocycles. The largest absolute Gasteiger partial charge is 0.395 e. The average Bonchev–Trinajstić information content (AvgIpc) is 2.16. The van der Waals surface area contributed by atoms with Crippen LogP contribution in [0, 0.1) is 0 Å². The second kappa shape index (κ2) is 5.62. The summed E-state index contributed by atoms with van der Waals surface area (Å²) in [5, 5.41) is 9.09. The molecule has 0 radical (unpaired) electrons. The van der Waals surface area contributed by atoms with Gasteiger partial charge < -0.3 is 5.11 Å². The number of rotatable bonds is 4. The highest BCUT2D eigenvalue weighted by Gasteiger charge is 2.01. The third-order valence-corrected chi connectivity index (χ3v) is 3.21. The molecule has 13 heavy (non-hydrogen) atoms. The monoisotopic (exact) mass is 261 g/mol.